The average molecular weight is 235 g/mol. The molecular weight excluding hydrogens is 214 g/mol. The number of benzene rings is 1. The van der Waals surface area contributed by atoms with E-state index in [0.29, 0.717) is 6.04 Å². The van der Waals surface area contributed by atoms with Gasteiger partial charge in [0.1, 0.15) is 0 Å². The molecule has 2 atom stereocenters. The van der Waals surface area contributed by atoms with Gasteiger partial charge in [0, 0.05) is 11.3 Å². The standard InChI is InChI=1S/C14H21NS/c1-11-6-3-4-7-12(11)10-13(15-2)14-8-5-9-16-14/h3-4,6-7,13-15H,5,8-10H2,1-2H3. The van der Waals surface area contributed by atoms with E-state index in [9.17, 15) is 0 Å². The van der Waals surface area contributed by atoms with Crippen LogP contribution in [0.15, 0.2) is 24.3 Å². The second kappa shape index (κ2) is 5.74. The summed E-state index contributed by atoms with van der Waals surface area (Å²) < 4.78 is 0. The van der Waals surface area contributed by atoms with Crippen LogP contribution in [0.3, 0.4) is 0 Å². The SMILES string of the molecule is CNC(Cc1ccccc1C)C1CCCS1. The number of likely N-dealkylation sites (N-methyl/N-ethyl adjacent to an activating group) is 1. The molecule has 0 aromatic heterocycles. The van der Waals surface area contributed by atoms with Crippen LogP contribution in [0.2, 0.25) is 0 Å². The summed E-state index contributed by atoms with van der Waals surface area (Å²) in [6.07, 6.45) is 3.93. The summed E-state index contributed by atoms with van der Waals surface area (Å²) in [6.45, 7) is 2.21. The third-order valence-electron chi connectivity index (χ3n) is 3.49. The maximum absolute atomic E-state index is 3.50. The molecule has 0 aliphatic carbocycles. The second-order valence-corrected chi connectivity index (χ2v) is 5.92. The molecule has 2 heteroatoms. The number of aryl methyl sites for hydroxylation is 1. The van der Waals surface area contributed by atoms with Crippen molar-refractivity contribution in [2.45, 2.75) is 37.5 Å². The van der Waals surface area contributed by atoms with Gasteiger partial charge in [-0.25, -0.2) is 0 Å². The highest BCUT2D eigenvalue weighted by Gasteiger charge is 2.24. The molecule has 16 heavy (non-hydrogen) atoms. The third kappa shape index (κ3) is 2.80. The van der Waals surface area contributed by atoms with E-state index in [-0.39, 0.29) is 0 Å². The smallest absolute Gasteiger partial charge is 0.0224 e. The Morgan fingerprint density at radius 2 is 2.25 bits per heavy atom. The number of hydrogen-bond acceptors (Lipinski definition) is 2. The summed E-state index contributed by atoms with van der Waals surface area (Å²) in [5, 5.41) is 4.31. The van der Waals surface area contributed by atoms with E-state index >= 15 is 0 Å². The van der Waals surface area contributed by atoms with Crippen molar-refractivity contribution in [3.8, 4) is 0 Å². The molecule has 1 aliphatic rings. The Morgan fingerprint density at radius 3 is 2.88 bits per heavy atom. The lowest BCUT2D eigenvalue weighted by Crippen LogP contribution is -2.36. The quantitative estimate of drug-likeness (QED) is 0.861. The molecule has 88 valence electrons. The number of rotatable bonds is 4. The van der Waals surface area contributed by atoms with Crippen molar-refractivity contribution in [3.63, 3.8) is 0 Å². The molecule has 0 radical (unpaired) electrons. The van der Waals surface area contributed by atoms with Crippen LogP contribution in [0.25, 0.3) is 0 Å². The predicted octanol–water partition coefficient (Wildman–Crippen LogP) is 3.02. The van der Waals surface area contributed by atoms with Crippen LogP contribution in [0.1, 0.15) is 24.0 Å². The number of hydrogen-bond donors (Lipinski definition) is 1. The van der Waals surface area contributed by atoms with E-state index in [1.165, 1.54) is 36.1 Å². The van der Waals surface area contributed by atoms with Gasteiger partial charge in [-0.15, -0.1) is 0 Å². The lowest BCUT2D eigenvalue weighted by atomic mass is 9.98. The first-order valence-corrected chi connectivity index (χ1v) is 7.19. The van der Waals surface area contributed by atoms with Gasteiger partial charge in [-0.05, 0) is 50.1 Å². The molecule has 1 fully saturated rings. The van der Waals surface area contributed by atoms with Crippen molar-refractivity contribution in [1.82, 2.24) is 5.32 Å². The molecular formula is C14H21NS. The van der Waals surface area contributed by atoms with Crippen molar-refractivity contribution < 1.29 is 0 Å². The van der Waals surface area contributed by atoms with Crippen molar-refractivity contribution in [2.24, 2.45) is 0 Å². The first-order valence-electron chi connectivity index (χ1n) is 6.14. The summed E-state index contributed by atoms with van der Waals surface area (Å²) in [7, 11) is 2.10. The van der Waals surface area contributed by atoms with E-state index in [4.69, 9.17) is 0 Å². The Kier molecular flexibility index (Phi) is 4.30. The van der Waals surface area contributed by atoms with Crippen molar-refractivity contribution in [2.75, 3.05) is 12.8 Å². The van der Waals surface area contributed by atoms with E-state index < -0.39 is 0 Å². The maximum Gasteiger partial charge on any atom is 0.0224 e. The summed E-state index contributed by atoms with van der Waals surface area (Å²) in [5.74, 6) is 1.34. The predicted molar refractivity (Wildman–Crippen MR) is 73.2 cm³/mol. The minimum absolute atomic E-state index is 0.633. The zero-order chi connectivity index (χ0) is 11.4. The topological polar surface area (TPSA) is 12.0 Å². The lowest BCUT2D eigenvalue weighted by molar-refractivity contribution is 0.523. The van der Waals surface area contributed by atoms with Gasteiger partial charge >= 0.3 is 0 Å². The first-order chi connectivity index (χ1) is 7.81. The van der Waals surface area contributed by atoms with Crippen molar-refractivity contribution in [3.05, 3.63) is 35.4 Å². The molecule has 1 aromatic carbocycles. The Morgan fingerprint density at radius 1 is 1.44 bits per heavy atom. The van der Waals surface area contributed by atoms with E-state index in [2.05, 4.69) is 55.3 Å². The summed E-state index contributed by atoms with van der Waals surface area (Å²) in [5.41, 5.74) is 2.92. The minimum atomic E-state index is 0.633. The second-order valence-electron chi connectivity index (χ2n) is 4.58. The van der Waals surface area contributed by atoms with E-state index in [0.717, 1.165) is 5.25 Å². The van der Waals surface area contributed by atoms with Crippen LogP contribution in [-0.2, 0) is 6.42 Å². The highest BCUT2D eigenvalue weighted by atomic mass is 32.2. The van der Waals surface area contributed by atoms with E-state index in [1.807, 2.05) is 0 Å². The summed E-state index contributed by atoms with van der Waals surface area (Å²) >= 11 is 2.14. The van der Waals surface area contributed by atoms with Crippen LogP contribution in [0, 0.1) is 6.92 Å². The zero-order valence-electron chi connectivity index (χ0n) is 10.2. The van der Waals surface area contributed by atoms with Gasteiger partial charge in [-0.1, -0.05) is 24.3 Å². The lowest BCUT2D eigenvalue weighted by Gasteiger charge is -2.23. The molecule has 0 bridgehead atoms. The molecule has 2 rings (SSSR count). The monoisotopic (exact) mass is 235 g/mol. The molecule has 2 unspecified atom stereocenters. The molecule has 1 saturated heterocycles. The first kappa shape index (κ1) is 12.0. The molecule has 1 heterocycles. The fourth-order valence-electron chi connectivity index (χ4n) is 2.42. The molecule has 1 N–H and O–H groups in total. The Hall–Kier alpha value is -0.470. The average Bonchev–Trinajstić information content (AvgIpc) is 2.81. The largest absolute Gasteiger partial charge is 0.316 e. The maximum atomic E-state index is 3.50. The van der Waals surface area contributed by atoms with Crippen LogP contribution in [0.4, 0.5) is 0 Å². The summed E-state index contributed by atoms with van der Waals surface area (Å²) in [4.78, 5) is 0. The van der Waals surface area contributed by atoms with Gasteiger partial charge in [-0.3, -0.25) is 0 Å². The van der Waals surface area contributed by atoms with Crippen LogP contribution in [-0.4, -0.2) is 24.1 Å². The van der Waals surface area contributed by atoms with Crippen LogP contribution in [0.5, 0.6) is 0 Å². The normalized spacial score (nSPS) is 22.2. The van der Waals surface area contributed by atoms with Gasteiger partial charge < -0.3 is 5.32 Å². The fourth-order valence-corrected chi connectivity index (χ4v) is 3.85. The highest BCUT2D eigenvalue weighted by Crippen LogP contribution is 2.30. The van der Waals surface area contributed by atoms with E-state index in [1.54, 1.807) is 0 Å². The van der Waals surface area contributed by atoms with Crippen LogP contribution >= 0.6 is 11.8 Å². The number of thioether (sulfide) groups is 1. The van der Waals surface area contributed by atoms with Gasteiger partial charge in [0.25, 0.3) is 0 Å². The van der Waals surface area contributed by atoms with Crippen molar-refractivity contribution in [1.29, 1.82) is 0 Å². The molecule has 0 saturated carbocycles. The molecule has 1 aliphatic heterocycles. The van der Waals surface area contributed by atoms with Crippen molar-refractivity contribution >= 4 is 11.8 Å². The van der Waals surface area contributed by atoms with Gasteiger partial charge in [0.05, 0.1) is 0 Å². The Balaban J connectivity index is 2.03. The molecule has 0 spiro atoms. The Bertz CT molecular complexity index is 331. The zero-order valence-corrected chi connectivity index (χ0v) is 11.0. The summed E-state index contributed by atoms with van der Waals surface area (Å²) in [6, 6.07) is 9.38. The highest BCUT2D eigenvalue weighted by molar-refractivity contribution is 8.00. The molecule has 1 nitrogen and oxygen atoms in total. The van der Waals surface area contributed by atoms with Gasteiger partial charge in [0.15, 0.2) is 0 Å². The molecule has 1 aromatic rings. The third-order valence-corrected chi connectivity index (χ3v) is 5.00. The van der Waals surface area contributed by atoms with Crippen LogP contribution < -0.4 is 5.32 Å². The van der Waals surface area contributed by atoms with Gasteiger partial charge in [0.2, 0.25) is 0 Å². The minimum Gasteiger partial charge on any atom is -0.316 e. The number of nitrogens with one attached hydrogen (secondary N) is 1. The molecule has 0 amide bonds. The fraction of sp³-hybridized carbons (Fsp3) is 0.571. The Labute approximate surface area is 103 Å². The van der Waals surface area contributed by atoms with Gasteiger partial charge in [-0.2, -0.15) is 11.8 Å².